The maximum atomic E-state index is 12.7. The molecule has 1 saturated heterocycles. The van der Waals surface area contributed by atoms with Gasteiger partial charge < -0.3 is 29.5 Å². The van der Waals surface area contributed by atoms with Gasteiger partial charge in [0, 0.05) is 12.0 Å². The number of rotatable bonds is 0. The molecular weight excluding hydrogens is 376 g/mol. The average molecular weight is 404 g/mol. The molecule has 0 aliphatic carbocycles. The van der Waals surface area contributed by atoms with Crippen molar-refractivity contribution in [3.05, 3.63) is 41.5 Å². The van der Waals surface area contributed by atoms with Gasteiger partial charge in [-0.3, -0.25) is 0 Å². The summed E-state index contributed by atoms with van der Waals surface area (Å²) < 4.78 is 17.3. The number of phenolic OH excluding ortho intramolecular Hbond substituents is 2. The third-order valence-electron chi connectivity index (χ3n) is 5.21. The highest BCUT2D eigenvalue weighted by Gasteiger charge is 2.43. The Morgan fingerprint density at radius 3 is 2.55 bits per heavy atom. The minimum absolute atomic E-state index is 0.0142. The fraction of sp³-hybridized carbons (Fsp3) is 0.500. The highest BCUT2D eigenvalue weighted by Crippen LogP contribution is 2.34. The molecule has 2 heterocycles. The summed E-state index contributed by atoms with van der Waals surface area (Å²) in [6.07, 6.45) is 4.82. The molecule has 5 atom stereocenters. The zero-order valence-electron chi connectivity index (χ0n) is 17.0. The Balaban J connectivity index is 2.02. The van der Waals surface area contributed by atoms with Crippen LogP contribution in [0.25, 0.3) is 6.08 Å². The molecule has 3 unspecified atom stereocenters. The lowest BCUT2D eigenvalue weighted by molar-refractivity contribution is -0.152. The molecule has 0 saturated carbocycles. The Hall–Kier alpha value is -2.35. The number of esters is 1. The van der Waals surface area contributed by atoms with Gasteiger partial charge in [-0.1, -0.05) is 31.2 Å². The highest BCUT2D eigenvalue weighted by molar-refractivity contribution is 5.97. The molecule has 1 aromatic rings. The van der Waals surface area contributed by atoms with Crippen LogP contribution in [0.4, 0.5) is 0 Å². The first-order chi connectivity index (χ1) is 13.6. The van der Waals surface area contributed by atoms with E-state index in [-0.39, 0.29) is 23.0 Å². The first-order valence-electron chi connectivity index (χ1n) is 9.73. The summed E-state index contributed by atoms with van der Waals surface area (Å²) in [5.41, 5.74) is 0.315. The number of carbonyl (C=O) groups excluding carboxylic acids is 1. The van der Waals surface area contributed by atoms with Gasteiger partial charge in [0.2, 0.25) is 0 Å². The minimum Gasteiger partial charge on any atom is -0.508 e. The maximum Gasteiger partial charge on any atom is 0.342 e. The third kappa shape index (κ3) is 4.80. The molecule has 29 heavy (non-hydrogen) atoms. The number of hydrogen-bond acceptors (Lipinski definition) is 7. The zero-order chi connectivity index (χ0) is 21.3. The predicted octanol–water partition coefficient (Wildman–Crippen LogP) is 3.13. The van der Waals surface area contributed by atoms with Crippen molar-refractivity contribution >= 4 is 12.0 Å². The molecule has 0 amide bonds. The van der Waals surface area contributed by atoms with Crippen molar-refractivity contribution in [1.82, 2.24) is 0 Å². The fourth-order valence-corrected chi connectivity index (χ4v) is 3.54. The quantitative estimate of drug-likeness (QED) is 0.451. The number of cyclic esters (lactones) is 1. The van der Waals surface area contributed by atoms with Crippen LogP contribution in [0.3, 0.4) is 0 Å². The summed E-state index contributed by atoms with van der Waals surface area (Å²) >= 11 is 0. The van der Waals surface area contributed by atoms with Crippen LogP contribution in [0.5, 0.6) is 11.5 Å². The number of ether oxygens (including phenoxy) is 3. The van der Waals surface area contributed by atoms with Crippen LogP contribution in [0, 0.1) is 5.92 Å². The Kier molecular flexibility index (Phi) is 6.03. The lowest BCUT2D eigenvalue weighted by atomic mass is 9.99. The van der Waals surface area contributed by atoms with Gasteiger partial charge in [0.15, 0.2) is 5.79 Å². The van der Waals surface area contributed by atoms with Gasteiger partial charge in [0.05, 0.1) is 6.10 Å². The van der Waals surface area contributed by atoms with Crippen molar-refractivity contribution < 1.29 is 34.3 Å². The van der Waals surface area contributed by atoms with E-state index in [1.807, 2.05) is 6.92 Å². The van der Waals surface area contributed by atoms with Crippen LogP contribution >= 0.6 is 0 Å². The van der Waals surface area contributed by atoms with Crippen molar-refractivity contribution in [2.24, 2.45) is 5.92 Å². The first-order valence-corrected chi connectivity index (χ1v) is 9.73. The molecule has 0 aromatic heterocycles. The molecule has 7 heteroatoms. The van der Waals surface area contributed by atoms with Crippen molar-refractivity contribution in [3.8, 4) is 11.5 Å². The lowest BCUT2D eigenvalue weighted by Crippen LogP contribution is -2.34. The summed E-state index contributed by atoms with van der Waals surface area (Å²) in [5, 5.41) is 30.7. The monoisotopic (exact) mass is 404 g/mol. The highest BCUT2D eigenvalue weighted by atomic mass is 16.8. The summed E-state index contributed by atoms with van der Waals surface area (Å²) in [4.78, 5) is 12.7. The van der Waals surface area contributed by atoms with E-state index in [4.69, 9.17) is 14.2 Å². The molecule has 2 aliphatic heterocycles. The van der Waals surface area contributed by atoms with E-state index in [9.17, 15) is 20.1 Å². The van der Waals surface area contributed by atoms with Gasteiger partial charge in [0.1, 0.15) is 35.4 Å². The summed E-state index contributed by atoms with van der Waals surface area (Å²) in [7, 11) is 0. The van der Waals surface area contributed by atoms with Crippen molar-refractivity contribution in [1.29, 1.82) is 0 Å². The second-order valence-electron chi connectivity index (χ2n) is 8.05. The predicted molar refractivity (Wildman–Crippen MR) is 106 cm³/mol. The second kappa shape index (κ2) is 8.18. The molecule has 1 aromatic carbocycles. The molecule has 7 nitrogen and oxygen atoms in total. The molecule has 2 aliphatic rings. The van der Waals surface area contributed by atoms with Gasteiger partial charge in [-0.05, 0) is 38.8 Å². The number of phenols is 2. The molecule has 3 N–H and O–H groups in total. The molecule has 0 radical (unpaired) electrons. The van der Waals surface area contributed by atoms with E-state index in [0.29, 0.717) is 12.0 Å². The smallest absolute Gasteiger partial charge is 0.342 e. The SMILES string of the molecule is C[C@@H]1/C=C\C(O)C2OC(C)(C)OC2C/C=C/c2cc(O)cc(O)c2C(=O)O[C@H]1C. The minimum atomic E-state index is -0.885. The Labute approximate surface area is 170 Å². The number of benzene rings is 1. The van der Waals surface area contributed by atoms with Crippen molar-refractivity contribution in [3.63, 3.8) is 0 Å². The van der Waals surface area contributed by atoms with Crippen LogP contribution in [-0.4, -0.2) is 51.5 Å². The Morgan fingerprint density at radius 2 is 1.83 bits per heavy atom. The molecule has 1 fully saturated rings. The largest absolute Gasteiger partial charge is 0.508 e. The topological polar surface area (TPSA) is 105 Å². The summed E-state index contributed by atoms with van der Waals surface area (Å²) in [5.74, 6) is -2.24. The van der Waals surface area contributed by atoms with Crippen molar-refractivity contribution in [2.75, 3.05) is 0 Å². The zero-order valence-corrected chi connectivity index (χ0v) is 17.0. The molecular formula is C22H28O7. The molecule has 3 rings (SSSR count). The fourth-order valence-electron chi connectivity index (χ4n) is 3.54. The summed E-state index contributed by atoms with van der Waals surface area (Å²) in [6, 6.07) is 2.49. The van der Waals surface area contributed by atoms with E-state index in [0.717, 1.165) is 6.07 Å². The second-order valence-corrected chi connectivity index (χ2v) is 8.05. The summed E-state index contributed by atoms with van der Waals surface area (Å²) in [6.45, 7) is 7.17. The molecule has 0 bridgehead atoms. The number of aromatic hydroxyl groups is 2. The molecule has 0 spiro atoms. The Bertz CT molecular complexity index is 827. The van der Waals surface area contributed by atoms with Gasteiger partial charge >= 0.3 is 5.97 Å². The maximum absolute atomic E-state index is 12.7. The normalized spacial score (nSPS) is 34.4. The lowest BCUT2D eigenvalue weighted by Gasteiger charge is -2.22. The van der Waals surface area contributed by atoms with Crippen LogP contribution in [0.1, 0.15) is 50.0 Å². The molecule has 158 valence electrons. The first kappa shape index (κ1) is 21.4. The average Bonchev–Trinajstić information content (AvgIpc) is 2.92. The van der Waals surface area contributed by atoms with Crippen LogP contribution in [0.15, 0.2) is 30.4 Å². The van der Waals surface area contributed by atoms with Crippen LogP contribution in [0.2, 0.25) is 0 Å². The van der Waals surface area contributed by atoms with E-state index in [1.54, 1.807) is 45.1 Å². The van der Waals surface area contributed by atoms with Crippen LogP contribution in [-0.2, 0) is 14.2 Å². The van der Waals surface area contributed by atoms with E-state index in [1.165, 1.54) is 6.07 Å². The van der Waals surface area contributed by atoms with E-state index < -0.39 is 36.2 Å². The third-order valence-corrected chi connectivity index (χ3v) is 5.21. The van der Waals surface area contributed by atoms with Gasteiger partial charge in [0.25, 0.3) is 0 Å². The number of hydrogen-bond donors (Lipinski definition) is 3. The van der Waals surface area contributed by atoms with E-state index in [2.05, 4.69) is 0 Å². The van der Waals surface area contributed by atoms with Crippen LogP contribution < -0.4 is 0 Å². The number of carbonyl (C=O) groups is 1. The van der Waals surface area contributed by atoms with Gasteiger partial charge in [-0.2, -0.15) is 0 Å². The standard InChI is InChI=1S/C22H28O7/c1-12-8-9-16(24)20-18(28-22(3,4)29-20)7-5-6-14-10-15(23)11-17(25)19(14)21(26)27-13(12)2/h5-6,8-13,16,18,20,23-25H,7H2,1-4H3/b6-5+,9-8-/t12-,13+,16?,18?,20?/m1/s1. The number of aliphatic hydroxyl groups excluding tert-OH is 1. The number of aliphatic hydroxyl groups is 1. The Morgan fingerprint density at radius 1 is 1.10 bits per heavy atom. The number of fused-ring (bicyclic) bond motifs is 2. The van der Waals surface area contributed by atoms with Gasteiger partial charge in [-0.25, -0.2) is 4.79 Å². The van der Waals surface area contributed by atoms with E-state index >= 15 is 0 Å². The van der Waals surface area contributed by atoms with Gasteiger partial charge in [-0.15, -0.1) is 0 Å². The van der Waals surface area contributed by atoms with Crippen molar-refractivity contribution in [2.45, 2.75) is 64.3 Å².